The summed E-state index contributed by atoms with van der Waals surface area (Å²) < 4.78 is 0. The third-order valence-corrected chi connectivity index (χ3v) is 5.20. The number of carbonyl (C=O) groups is 2. The molecule has 0 unspecified atom stereocenters. The van der Waals surface area contributed by atoms with Crippen LogP contribution in [0, 0.1) is 5.92 Å². The van der Waals surface area contributed by atoms with Crippen molar-refractivity contribution in [2.75, 3.05) is 5.32 Å². The van der Waals surface area contributed by atoms with Crippen molar-refractivity contribution in [2.24, 2.45) is 5.92 Å². The zero-order valence-corrected chi connectivity index (χ0v) is 14.0. The van der Waals surface area contributed by atoms with Gasteiger partial charge in [-0.1, -0.05) is 54.1 Å². The lowest BCUT2D eigenvalue weighted by Gasteiger charge is -2.35. The maximum absolute atomic E-state index is 13.0. The van der Waals surface area contributed by atoms with Crippen LogP contribution in [0.15, 0.2) is 54.6 Å². The van der Waals surface area contributed by atoms with Gasteiger partial charge in [-0.25, -0.2) is 4.79 Å². The Morgan fingerprint density at radius 1 is 1.16 bits per heavy atom. The summed E-state index contributed by atoms with van der Waals surface area (Å²) in [6.45, 7) is 0. The van der Waals surface area contributed by atoms with Gasteiger partial charge in [0.2, 0.25) is 0 Å². The summed E-state index contributed by atoms with van der Waals surface area (Å²) in [5.74, 6) is -1.18. The lowest BCUT2D eigenvalue weighted by Crippen LogP contribution is -2.42. The van der Waals surface area contributed by atoms with Crippen molar-refractivity contribution in [3.8, 4) is 0 Å². The van der Waals surface area contributed by atoms with E-state index in [1.165, 1.54) is 0 Å². The van der Waals surface area contributed by atoms with Crippen LogP contribution in [0.3, 0.4) is 0 Å². The van der Waals surface area contributed by atoms with Crippen LogP contribution in [0.5, 0.6) is 0 Å². The molecule has 0 saturated heterocycles. The predicted molar refractivity (Wildman–Crippen MR) is 96.4 cm³/mol. The summed E-state index contributed by atoms with van der Waals surface area (Å²) in [7, 11) is 0. The lowest BCUT2D eigenvalue weighted by molar-refractivity contribution is -0.139. The molecule has 0 saturated carbocycles. The minimum absolute atomic E-state index is 0.0432. The van der Waals surface area contributed by atoms with Gasteiger partial charge in [-0.3, -0.25) is 4.79 Å². The second-order valence-corrected chi connectivity index (χ2v) is 6.86. The lowest BCUT2D eigenvalue weighted by atomic mass is 9.78. The number of carbonyl (C=O) groups excluding carboxylic acids is 1. The van der Waals surface area contributed by atoms with E-state index in [-0.39, 0.29) is 17.6 Å². The number of nitrogens with one attached hydrogen (secondary N) is 1. The summed E-state index contributed by atoms with van der Waals surface area (Å²) in [6, 6.07) is 11.6. The van der Waals surface area contributed by atoms with E-state index in [4.69, 9.17) is 11.6 Å². The number of halogens is 1. The normalized spacial score (nSPS) is 23.5. The second kappa shape index (κ2) is 6.05. The Morgan fingerprint density at radius 3 is 2.64 bits per heavy atom. The van der Waals surface area contributed by atoms with Crippen LogP contribution in [0.25, 0.3) is 0 Å². The number of fused-ring (bicyclic) bond motifs is 3. The summed E-state index contributed by atoms with van der Waals surface area (Å²) in [5.41, 5.74) is 2.44. The van der Waals surface area contributed by atoms with E-state index in [1.807, 2.05) is 24.3 Å². The molecule has 3 atom stereocenters. The molecule has 4 rings (SSSR count). The second-order valence-electron chi connectivity index (χ2n) is 6.43. The largest absolute Gasteiger partial charge is 0.480 e. The van der Waals surface area contributed by atoms with Gasteiger partial charge in [0.15, 0.2) is 5.78 Å². The highest BCUT2D eigenvalue weighted by molar-refractivity contribution is 6.31. The molecule has 0 aromatic heterocycles. The van der Waals surface area contributed by atoms with Crippen LogP contribution in [-0.4, -0.2) is 22.9 Å². The van der Waals surface area contributed by atoms with E-state index in [1.54, 1.807) is 30.3 Å². The van der Waals surface area contributed by atoms with Crippen molar-refractivity contribution in [3.63, 3.8) is 0 Å². The van der Waals surface area contributed by atoms with Crippen molar-refractivity contribution >= 4 is 29.0 Å². The molecule has 1 aliphatic heterocycles. The quantitative estimate of drug-likeness (QED) is 0.643. The van der Waals surface area contributed by atoms with Crippen LogP contribution < -0.4 is 5.32 Å². The highest BCUT2D eigenvalue weighted by Gasteiger charge is 2.42. The third-order valence-electron chi connectivity index (χ3n) is 4.98. The maximum Gasteiger partial charge on any atom is 0.326 e. The fourth-order valence-corrected chi connectivity index (χ4v) is 4.06. The van der Waals surface area contributed by atoms with Gasteiger partial charge in [-0.15, -0.1) is 0 Å². The van der Waals surface area contributed by atoms with Crippen molar-refractivity contribution in [1.29, 1.82) is 0 Å². The van der Waals surface area contributed by atoms with Gasteiger partial charge in [-0.05, 0) is 24.1 Å². The number of anilines is 1. The molecule has 1 aliphatic carbocycles. The number of rotatable bonds is 3. The summed E-state index contributed by atoms with van der Waals surface area (Å²) in [6.07, 6.45) is 4.72. The topological polar surface area (TPSA) is 66.4 Å². The van der Waals surface area contributed by atoms with Gasteiger partial charge in [-0.2, -0.15) is 0 Å². The molecule has 5 heteroatoms. The first-order valence-corrected chi connectivity index (χ1v) is 8.53. The first-order chi connectivity index (χ1) is 12.1. The molecule has 0 amide bonds. The van der Waals surface area contributed by atoms with E-state index in [0.717, 1.165) is 5.56 Å². The molecular weight excluding hydrogens is 338 g/mol. The fourth-order valence-electron chi connectivity index (χ4n) is 3.83. The van der Waals surface area contributed by atoms with E-state index in [9.17, 15) is 14.7 Å². The minimum atomic E-state index is -0.905. The van der Waals surface area contributed by atoms with E-state index in [2.05, 4.69) is 5.32 Å². The number of allylic oxidation sites excluding steroid dienone is 2. The van der Waals surface area contributed by atoms with Gasteiger partial charge in [0.05, 0.1) is 0 Å². The number of carboxylic acids is 1. The number of benzene rings is 2. The van der Waals surface area contributed by atoms with Crippen LogP contribution in [0.4, 0.5) is 5.69 Å². The van der Waals surface area contributed by atoms with Gasteiger partial charge >= 0.3 is 5.97 Å². The number of hydrogen-bond donors (Lipinski definition) is 2. The van der Waals surface area contributed by atoms with Crippen molar-refractivity contribution in [1.82, 2.24) is 0 Å². The first kappa shape index (κ1) is 15.9. The maximum atomic E-state index is 13.0. The number of carboxylic acid groups (broad SMARTS) is 1. The fraction of sp³-hybridized carbons (Fsp3) is 0.200. The summed E-state index contributed by atoms with van der Waals surface area (Å²) >= 11 is 6.28. The first-order valence-electron chi connectivity index (χ1n) is 8.15. The zero-order valence-electron chi connectivity index (χ0n) is 13.3. The predicted octanol–water partition coefficient (Wildman–Crippen LogP) is 4.11. The van der Waals surface area contributed by atoms with Crippen molar-refractivity contribution in [3.05, 3.63) is 76.3 Å². The van der Waals surface area contributed by atoms with Crippen LogP contribution in [0.2, 0.25) is 5.02 Å². The monoisotopic (exact) mass is 353 g/mol. The van der Waals surface area contributed by atoms with Crippen LogP contribution in [-0.2, 0) is 4.79 Å². The molecule has 126 valence electrons. The highest BCUT2D eigenvalue weighted by atomic mass is 35.5. The average molecular weight is 354 g/mol. The van der Waals surface area contributed by atoms with Crippen LogP contribution >= 0.6 is 11.6 Å². The molecular formula is C20H16ClNO3. The van der Waals surface area contributed by atoms with E-state index >= 15 is 0 Å². The standard InChI is InChI=1S/C20H16ClNO3/c21-12-9-15-13-7-4-8-14(13)18(20(24)25)22-17(15)16(10-12)19(23)11-5-2-1-3-6-11/h1-7,9-10,13-14,18,22H,8H2,(H,24,25)/t13-,14+,18+/m1/s1. The Bertz CT molecular complexity index is 891. The average Bonchev–Trinajstić information content (AvgIpc) is 3.10. The molecule has 2 aromatic rings. The summed E-state index contributed by atoms with van der Waals surface area (Å²) in [5, 5.41) is 13.2. The molecule has 0 spiro atoms. The SMILES string of the molecule is O=C(c1ccccc1)c1cc(Cl)cc2c1N[C@H](C(=O)O)[C@H]1CC=C[C@@H]21. The zero-order chi connectivity index (χ0) is 17.6. The Morgan fingerprint density at radius 2 is 1.92 bits per heavy atom. The molecule has 2 N–H and O–H groups in total. The Labute approximate surface area is 150 Å². The molecule has 2 aliphatic rings. The molecule has 25 heavy (non-hydrogen) atoms. The van der Waals surface area contributed by atoms with E-state index < -0.39 is 12.0 Å². The molecule has 0 bridgehead atoms. The molecule has 1 heterocycles. The molecule has 0 fully saturated rings. The molecule has 0 radical (unpaired) electrons. The number of hydrogen-bond acceptors (Lipinski definition) is 3. The number of ketones is 1. The minimum Gasteiger partial charge on any atom is -0.480 e. The Balaban J connectivity index is 1.87. The third kappa shape index (κ3) is 2.63. The van der Waals surface area contributed by atoms with Crippen LogP contribution in [0.1, 0.15) is 33.8 Å². The summed E-state index contributed by atoms with van der Waals surface area (Å²) in [4.78, 5) is 24.7. The Hall–Kier alpha value is -2.59. The van der Waals surface area contributed by atoms with E-state index in [0.29, 0.717) is 28.3 Å². The van der Waals surface area contributed by atoms with Gasteiger partial charge in [0, 0.05) is 33.7 Å². The Kier molecular flexibility index (Phi) is 3.85. The molecule has 4 nitrogen and oxygen atoms in total. The number of aliphatic carboxylic acids is 1. The highest BCUT2D eigenvalue weighted by Crippen LogP contribution is 2.47. The smallest absolute Gasteiger partial charge is 0.326 e. The van der Waals surface area contributed by atoms with Crippen molar-refractivity contribution in [2.45, 2.75) is 18.4 Å². The molecule has 2 aromatic carbocycles. The van der Waals surface area contributed by atoms with Gasteiger partial charge < -0.3 is 10.4 Å². The van der Waals surface area contributed by atoms with Crippen molar-refractivity contribution < 1.29 is 14.7 Å². The van der Waals surface area contributed by atoms with Gasteiger partial charge in [0.25, 0.3) is 0 Å². The van der Waals surface area contributed by atoms with Gasteiger partial charge in [0.1, 0.15) is 6.04 Å².